The molecular weight excluding hydrogens is 266 g/mol. The van der Waals surface area contributed by atoms with Crippen molar-refractivity contribution in [2.45, 2.75) is 25.3 Å². The zero-order valence-corrected chi connectivity index (χ0v) is 11.6. The molecule has 0 bridgehead atoms. The van der Waals surface area contributed by atoms with Crippen molar-refractivity contribution in [3.05, 3.63) is 46.0 Å². The fraction of sp³-hybridized carbons (Fsp3) is 0.250. The van der Waals surface area contributed by atoms with Gasteiger partial charge in [0.05, 0.1) is 12.2 Å². The van der Waals surface area contributed by atoms with E-state index in [2.05, 4.69) is 15.6 Å². The largest absolute Gasteiger partial charge is 0.573 e. The monoisotopic (exact) mass is 281 g/mol. The minimum atomic E-state index is -3.80. The quantitative estimate of drug-likeness (QED) is 0.915. The molecule has 0 saturated carbocycles. The van der Waals surface area contributed by atoms with Gasteiger partial charge in [0, 0.05) is 5.56 Å². The zero-order chi connectivity index (χ0) is 14.0. The minimum Gasteiger partial charge on any atom is -0.573 e. The van der Waals surface area contributed by atoms with Crippen LogP contribution < -0.4 is 5.73 Å². The number of nitrogens with zero attached hydrogens (tertiary/aromatic N) is 2. The van der Waals surface area contributed by atoms with Crippen molar-refractivity contribution in [1.29, 1.82) is 0 Å². The molecule has 6 nitrogen and oxygen atoms in total. The predicted octanol–water partition coefficient (Wildman–Crippen LogP) is 1.43. The topological polar surface area (TPSA) is 102 Å². The first-order valence-electron chi connectivity index (χ1n) is 5.73. The van der Waals surface area contributed by atoms with Gasteiger partial charge in [-0.1, -0.05) is 29.4 Å². The molecule has 0 aliphatic heterocycles. The molecule has 7 heteroatoms. The van der Waals surface area contributed by atoms with E-state index in [1.54, 1.807) is 38.1 Å². The van der Waals surface area contributed by atoms with Gasteiger partial charge in [-0.25, -0.2) is 8.42 Å². The van der Waals surface area contributed by atoms with Gasteiger partial charge < -0.3 is 15.0 Å². The molecule has 0 unspecified atom stereocenters. The van der Waals surface area contributed by atoms with Crippen molar-refractivity contribution in [1.82, 2.24) is 5.16 Å². The number of aromatic nitrogens is 1. The molecule has 19 heavy (non-hydrogen) atoms. The molecule has 0 aliphatic rings. The number of benzene rings is 1. The zero-order valence-electron chi connectivity index (χ0n) is 10.8. The van der Waals surface area contributed by atoms with Crippen molar-refractivity contribution in [2.24, 2.45) is 0 Å². The summed E-state index contributed by atoms with van der Waals surface area (Å²) in [6.45, 7) is 3.77. The van der Waals surface area contributed by atoms with E-state index in [4.69, 9.17) is 4.52 Å². The van der Waals surface area contributed by atoms with Gasteiger partial charge >= 0.3 is 0 Å². The second-order valence-electron chi connectivity index (χ2n) is 4.14. The number of aryl methyl sites for hydroxylation is 2. The van der Waals surface area contributed by atoms with Crippen molar-refractivity contribution >= 4 is 15.7 Å². The second-order valence-corrected chi connectivity index (χ2v) is 5.68. The van der Waals surface area contributed by atoms with Crippen LogP contribution in [0.5, 0.6) is 0 Å². The summed E-state index contributed by atoms with van der Waals surface area (Å²) in [5, 5.41) is 3.63. The maximum absolute atomic E-state index is 12.2. The molecule has 1 aromatic carbocycles. The van der Waals surface area contributed by atoms with Gasteiger partial charge in [-0.2, -0.15) is 0 Å². The maximum Gasteiger partial charge on any atom is 0.151 e. The smallest absolute Gasteiger partial charge is 0.151 e. The molecule has 2 rings (SSSR count). The Balaban J connectivity index is 2.31. The Kier molecular flexibility index (Phi) is 3.59. The number of quaternary nitrogens is 1. The number of sulfonamides is 1. The third-order valence-electron chi connectivity index (χ3n) is 2.68. The van der Waals surface area contributed by atoms with Crippen LogP contribution in [-0.4, -0.2) is 13.6 Å². The van der Waals surface area contributed by atoms with E-state index in [1.165, 1.54) is 0 Å². The summed E-state index contributed by atoms with van der Waals surface area (Å²) in [5.74, 6) is 0.246. The average molecular weight is 281 g/mol. The van der Waals surface area contributed by atoms with Crippen LogP contribution in [0, 0.1) is 13.8 Å². The third-order valence-corrected chi connectivity index (χ3v) is 4.23. The molecule has 1 heterocycles. The highest BCUT2D eigenvalue weighted by Crippen LogP contribution is 2.31. The summed E-state index contributed by atoms with van der Waals surface area (Å²) in [5.41, 5.74) is 5.46. The van der Waals surface area contributed by atoms with Gasteiger partial charge in [-0.3, -0.25) is 0 Å². The van der Waals surface area contributed by atoms with Crippen LogP contribution in [0.1, 0.15) is 17.0 Å². The summed E-state index contributed by atoms with van der Waals surface area (Å²) in [6.07, 6.45) is 0. The van der Waals surface area contributed by atoms with Crippen LogP contribution in [0.4, 0.5) is 5.69 Å². The molecule has 0 spiro atoms. The summed E-state index contributed by atoms with van der Waals surface area (Å²) in [7, 11) is -3.80. The van der Waals surface area contributed by atoms with E-state index in [1.807, 2.05) is 0 Å². The molecule has 0 saturated heterocycles. The number of hydrogen-bond acceptors (Lipinski definition) is 4. The molecule has 102 valence electrons. The SMILES string of the molecule is Cc1noc(C)c1S(=O)(=O)[N-]c1ccc(C[NH3+])cc1. The van der Waals surface area contributed by atoms with E-state index in [0.29, 0.717) is 17.9 Å². The Morgan fingerprint density at radius 1 is 1.26 bits per heavy atom. The van der Waals surface area contributed by atoms with Gasteiger partial charge in [-0.05, 0) is 13.8 Å². The molecule has 2 aromatic rings. The van der Waals surface area contributed by atoms with Crippen LogP contribution >= 0.6 is 0 Å². The highest BCUT2D eigenvalue weighted by molar-refractivity contribution is 7.94. The van der Waals surface area contributed by atoms with E-state index in [-0.39, 0.29) is 10.7 Å². The fourth-order valence-electron chi connectivity index (χ4n) is 1.75. The van der Waals surface area contributed by atoms with Crippen molar-refractivity contribution in [3.8, 4) is 0 Å². The molecule has 0 aliphatic carbocycles. The minimum absolute atomic E-state index is 0.0359. The van der Waals surface area contributed by atoms with E-state index >= 15 is 0 Å². The molecule has 0 amide bonds. The average Bonchev–Trinajstić information content (AvgIpc) is 2.70. The Bertz CT molecular complexity index is 655. The lowest BCUT2D eigenvalue weighted by atomic mass is 10.2. The molecular formula is C12H15N3O3S. The van der Waals surface area contributed by atoms with Crippen molar-refractivity contribution < 1.29 is 18.7 Å². The normalized spacial score (nSPS) is 11.5. The fourth-order valence-corrected chi connectivity index (χ4v) is 3.05. The number of rotatable bonds is 4. The van der Waals surface area contributed by atoms with Crippen LogP contribution in [-0.2, 0) is 16.6 Å². The molecule has 0 radical (unpaired) electrons. The van der Waals surface area contributed by atoms with E-state index in [0.717, 1.165) is 5.56 Å². The summed E-state index contributed by atoms with van der Waals surface area (Å²) >= 11 is 0. The summed E-state index contributed by atoms with van der Waals surface area (Å²) in [6, 6.07) is 6.90. The van der Waals surface area contributed by atoms with Gasteiger partial charge in [0.25, 0.3) is 0 Å². The molecule has 3 N–H and O–H groups in total. The first-order chi connectivity index (χ1) is 8.94. The van der Waals surface area contributed by atoms with Gasteiger partial charge in [0.2, 0.25) is 0 Å². The van der Waals surface area contributed by atoms with Gasteiger partial charge in [0.1, 0.15) is 14.9 Å². The lowest BCUT2D eigenvalue weighted by Gasteiger charge is -2.21. The second kappa shape index (κ2) is 5.02. The summed E-state index contributed by atoms with van der Waals surface area (Å²) < 4.78 is 33.0. The summed E-state index contributed by atoms with van der Waals surface area (Å²) in [4.78, 5) is 0.0359. The lowest BCUT2D eigenvalue weighted by Crippen LogP contribution is -2.47. The first-order valence-corrected chi connectivity index (χ1v) is 7.17. The van der Waals surface area contributed by atoms with E-state index in [9.17, 15) is 8.42 Å². The van der Waals surface area contributed by atoms with Crippen LogP contribution in [0.2, 0.25) is 0 Å². The Morgan fingerprint density at radius 3 is 2.37 bits per heavy atom. The molecule has 0 atom stereocenters. The Hall–Kier alpha value is -1.86. The number of hydrogen-bond donors (Lipinski definition) is 1. The van der Waals surface area contributed by atoms with Crippen molar-refractivity contribution in [3.63, 3.8) is 0 Å². The Morgan fingerprint density at radius 2 is 1.89 bits per heavy atom. The molecule has 1 aromatic heterocycles. The van der Waals surface area contributed by atoms with Crippen LogP contribution in [0.15, 0.2) is 33.7 Å². The van der Waals surface area contributed by atoms with Gasteiger partial charge in [-0.15, -0.1) is 5.69 Å². The highest BCUT2D eigenvalue weighted by Gasteiger charge is 2.17. The van der Waals surface area contributed by atoms with E-state index < -0.39 is 10.0 Å². The first kappa shape index (κ1) is 13.6. The van der Waals surface area contributed by atoms with Gasteiger partial charge in [0.15, 0.2) is 5.76 Å². The maximum atomic E-state index is 12.2. The van der Waals surface area contributed by atoms with Crippen molar-refractivity contribution in [2.75, 3.05) is 0 Å². The standard InChI is InChI=1S/C12H14N3O3S/c1-8-12(9(2)18-14-8)19(16,17)15-11-5-3-10(7-13)4-6-11/h3-6H,7,13H2,1-2H3/q-1/p+1. The van der Waals surface area contributed by atoms with Crippen LogP contribution in [0.3, 0.4) is 0 Å². The highest BCUT2D eigenvalue weighted by atomic mass is 32.2. The third kappa shape index (κ3) is 2.77. The molecule has 0 fully saturated rings. The Labute approximate surface area is 111 Å². The predicted molar refractivity (Wildman–Crippen MR) is 69.2 cm³/mol. The van der Waals surface area contributed by atoms with Crippen LogP contribution in [0.25, 0.3) is 4.72 Å². The lowest BCUT2D eigenvalue weighted by molar-refractivity contribution is -0.386.